The number of halogens is 1. The molecule has 0 bridgehead atoms. The number of aryl methyl sites for hydroxylation is 1. The molecular formula is C10H13ClN2O. The smallest absolute Gasteiger partial charge is 0.151 e. The van der Waals surface area contributed by atoms with Crippen LogP contribution in [0.1, 0.15) is 31.3 Å². The summed E-state index contributed by atoms with van der Waals surface area (Å²) in [6, 6.07) is 0. The van der Waals surface area contributed by atoms with Crippen LogP contribution < -0.4 is 0 Å². The number of ketones is 1. The molecule has 0 saturated heterocycles. The summed E-state index contributed by atoms with van der Waals surface area (Å²) >= 11 is 6.00. The summed E-state index contributed by atoms with van der Waals surface area (Å²) in [6.07, 6.45) is 3.72. The molecule has 0 spiro atoms. The molecule has 0 aromatic carbocycles. The second-order valence-electron chi connectivity index (χ2n) is 3.75. The fourth-order valence-corrected chi connectivity index (χ4v) is 2.18. The van der Waals surface area contributed by atoms with Gasteiger partial charge in [-0.15, -0.1) is 0 Å². The number of fused-ring (bicyclic) bond motifs is 1. The Morgan fingerprint density at radius 1 is 1.57 bits per heavy atom. The van der Waals surface area contributed by atoms with E-state index in [9.17, 15) is 4.79 Å². The average Bonchev–Trinajstić information content (AvgIpc) is 2.43. The highest BCUT2D eigenvalue weighted by atomic mass is 35.5. The van der Waals surface area contributed by atoms with Gasteiger partial charge in [-0.3, -0.25) is 4.79 Å². The predicted molar refractivity (Wildman–Crippen MR) is 54.6 cm³/mol. The molecule has 0 radical (unpaired) electrons. The van der Waals surface area contributed by atoms with Gasteiger partial charge in [0.2, 0.25) is 0 Å². The van der Waals surface area contributed by atoms with E-state index in [4.69, 9.17) is 11.6 Å². The third kappa shape index (κ3) is 1.69. The third-order valence-corrected chi connectivity index (χ3v) is 2.85. The van der Waals surface area contributed by atoms with Gasteiger partial charge in [0, 0.05) is 19.4 Å². The Kier molecular flexibility index (Phi) is 2.59. The Labute approximate surface area is 88.1 Å². The van der Waals surface area contributed by atoms with Crippen molar-refractivity contribution in [3.63, 3.8) is 0 Å². The average molecular weight is 213 g/mol. The van der Waals surface area contributed by atoms with Crippen molar-refractivity contribution in [2.24, 2.45) is 0 Å². The molecule has 1 aromatic heterocycles. The first-order chi connectivity index (χ1) is 6.68. The lowest BCUT2D eigenvalue weighted by Crippen LogP contribution is -2.14. The van der Waals surface area contributed by atoms with Crippen LogP contribution in [-0.2, 0) is 24.2 Å². The van der Waals surface area contributed by atoms with Gasteiger partial charge in [0.05, 0.1) is 5.69 Å². The summed E-state index contributed by atoms with van der Waals surface area (Å²) in [5.74, 6) is 1.18. The number of aromatic nitrogens is 2. The van der Waals surface area contributed by atoms with Gasteiger partial charge < -0.3 is 4.57 Å². The van der Waals surface area contributed by atoms with E-state index in [0.717, 1.165) is 30.9 Å². The summed E-state index contributed by atoms with van der Waals surface area (Å²) in [5.41, 5.74) is 0.897. The van der Waals surface area contributed by atoms with Crippen LogP contribution in [0.25, 0.3) is 0 Å². The van der Waals surface area contributed by atoms with Crippen molar-refractivity contribution in [3.05, 3.63) is 16.7 Å². The summed E-state index contributed by atoms with van der Waals surface area (Å²) in [6.45, 7) is 2.54. The van der Waals surface area contributed by atoms with E-state index in [1.54, 1.807) is 6.92 Å². The maximum Gasteiger partial charge on any atom is 0.151 e. The molecule has 0 saturated carbocycles. The monoisotopic (exact) mass is 212 g/mol. The maximum absolute atomic E-state index is 11.0. The number of rotatable bonds is 2. The number of carbonyl (C=O) groups excluding carboxylic acids is 1. The van der Waals surface area contributed by atoms with E-state index in [1.165, 1.54) is 6.42 Å². The highest BCUT2D eigenvalue weighted by Gasteiger charge is 2.19. The molecule has 1 aliphatic rings. The molecule has 0 fully saturated rings. The fourth-order valence-electron chi connectivity index (χ4n) is 1.92. The molecular weight excluding hydrogens is 200 g/mol. The van der Waals surface area contributed by atoms with Crippen molar-refractivity contribution < 1.29 is 4.79 Å². The van der Waals surface area contributed by atoms with E-state index in [-0.39, 0.29) is 5.78 Å². The molecule has 14 heavy (non-hydrogen) atoms. The molecule has 2 heterocycles. The number of hydrogen-bond donors (Lipinski definition) is 0. The number of carbonyl (C=O) groups is 1. The number of imidazole rings is 1. The Bertz CT molecular complexity index is 370. The van der Waals surface area contributed by atoms with Gasteiger partial charge in [0.25, 0.3) is 0 Å². The topological polar surface area (TPSA) is 34.9 Å². The SMILES string of the molecule is CC(=O)Cc1c(Cl)nc2n1CCCC2. The van der Waals surface area contributed by atoms with Crippen LogP contribution in [0.3, 0.4) is 0 Å². The van der Waals surface area contributed by atoms with E-state index in [2.05, 4.69) is 9.55 Å². The van der Waals surface area contributed by atoms with Crippen LogP contribution in [-0.4, -0.2) is 15.3 Å². The zero-order valence-corrected chi connectivity index (χ0v) is 8.97. The lowest BCUT2D eigenvalue weighted by Gasteiger charge is -2.15. The fraction of sp³-hybridized carbons (Fsp3) is 0.600. The quantitative estimate of drug-likeness (QED) is 0.752. The van der Waals surface area contributed by atoms with Crippen molar-refractivity contribution in [2.75, 3.05) is 0 Å². The third-order valence-electron chi connectivity index (χ3n) is 2.55. The second kappa shape index (κ2) is 3.73. The van der Waals surface area contributed by atoms with Gasteiger partial charge in [-0.1, -0.05) is 11.6 Å². The molecule has 0 unspecified atom stereocenters. The van der Waals surface area contributed by atoms with Crippen molar-refractivity contribution in [3.8, 4) is 0 Å². The summed E-state index contributed by atoms with van der Waals surface area (Å²) in [4.78, 5) is 15.3. The Morgan fingerprint density at radius 2 is 2.36 bits per heavy atom. The zero-order chi connectivity index (χ0) is 10.1. The first-order valence-electron chi connectivity index (χ1n) is 4.91. The first kappa shape index (κ1) is 9.71. The summed E-state index contributed by atoms with van der Waals surface area (Å²) in [7, 11) is 0. The van der Waals surface area contributed by atoms with Crippen molar-refractivity contribution >= 4 is 17.4 Å². The number of Topliss-reactive ketones (excluding diaryl/α,β-unsaturated/α-hetero) is 1. The summed E-state index contributed by atoms with van der Waals surface area (Å²) in [5, 5.41) is 0.511. The normalized spacial score (nSPS) is 15.3. The molecule has 0 aliphatic carbocycles. The highest BCUT2D eigenvalue weighted by molar-refractivity contribution is 6.30. The minimum atomic E-state index is 0.139. The molecule has 0 amide bonds. The van der Waals surface area contributed by atoms with Crippen LogP contribution in [0.2, 0.25) is 5.15 Å². The summed E-state index contributed by atoms with van der Waals surface area (Å²) < 4.78 is 2.10. The highest BCUT2D eigenvalue weighted by Crippen LogP contribution is 2.23. The van der Waals surface area contributed by atoms with Gasteiger partial charge in [-0.25, -0.2) is 4.98 Å². The molecule has 1 aromatic rings. The largest absolute Gasteiger partial charge is 0.330 e. The number of hydrogen-bond acceptors (Lipinski definition) is 2. The minimum absolute atomic E-state index is 0.139. The van der Waals surface area contributed by atoms with Crippen LogP contribution in [0.15, 0.2) is 0 Å². The van der Waals surface area contributed by atoms with Gasteiger partial charge in [0.1, 0.15) is 11.6 Å². The standard InChI is InChI=1S/C10H13ClN2O/c1-7(14)6-8-10(11)12-9-4-2-3-5-13(8)9/h2-6H2,1H3. The van der Waals surface area contributed by atoms with Crippen LogP contribution in [0, 0.1) is 0 Å². The van der Waals surface area contributed by atoms with E-state index < -0.39 is 0 Å². The lowest BCUT2D eigenvalue weighted by molar-refractivity contribution is -0.116. The van der Waals surface area contributed by atoms with Crippen molar-refractivity contribution in [1.82, 2.24) is 9.55 Å². The molecule has 2 rings (SSSR count). The van der Waals surface area contributed by atoms with Gasteiger partial charge in [-0.2, -0.15) is 0 Å². The van der Waals surface area contributed by atoms with Gasteiger partial charge >= 0.3 is 0 Å². The van der Waals surface area contributed by atoms with Crippen LogP contribution >= 0.6 is 11.6 Å². The zero-order valence-electron chi connectivity index (χ0n) is 8.22. The molecule has 3 nitrogen and oxygen atoms in total. The minimum Gasteiger partial charge on any atom is -0.330 e. The Hall–Kier alpha value is -0.830. The van der Waals surface area contributed by atoms with E-state index in [0.29, 0.717) is 11.6 Å². The van der Waals surface area contributed by atoms with Crippen molar-refractivity contribution in [2.45, 2.75) is 39.2 Å². The molecule has 4 heteroatoms. The Balaban J connectivity index is 2.37. The Morgan fingerprint density at radius 3 is 3.07 bits per heavy atom. The molecule has 0 N–H and O–H groups in total. The van der Waals surface area contributed by atoms with E-state index in [1.807, 2.05) is 0 Å². The van der Waals surface area contributed by atoms with Gasteiger partial charge in [-0.05, 0) is 19.8 Å². The molecule has 0 atom stereocenters. The van der Waals surface area contributed by atoms with Crippen LogP contribution in [0.4, 0.5) is 0 Å². The van der Waals surface area contributed by atoms with Crippen LogP contribution in [0.5, 0.6) is 0 Å². The predicted octanol–water partition coefficient (Wildman–Crippen LogP) is 2.00. The number of nitrogens with zero attached hydrogens (tertiary/aromatic N) is 2. The maximum atomic E-state index is 11.0. The second-order valence-corrected chi connectivity index (χ2v) is 4.11. The van der Waals surface area contributed by atoms with Crippen molar-refractivity contribution in [1.29, 1.82) is 0 Å². The first-order valence-corrected chi connectivity index (χ1v) is 5.29. The molecule has 76 valence electrons. The lowest BCUT2D eigenvalue weighted by atomic mass is 10.1. The van der Waals surface area contributed by atoms with Gasteiger partial charge in [0.15, 0.2) is 5.15 Å². The molecule has 1 aliphatic heterocycles. The van der Waals surface area contributed by atoms with E-state index >= 15 is 0 Å².